The molecule has 1 aromatic carbocycles. The number of carbonyl (C=O) groups is 1. The number of ether oxygens (including phenoxy) is 1. The highest BCUT2D eigenvalue weighted by Gasteiger charge is 2.07. The number of nitrogens with one attached hydrogen (secondary N) is 2. The molecule has 2 N–H and O–H groups in total. The number of methoxy groups -OCH3 is 1. The van der Waals surface area contributed by atoms with Crippen molar-refractivity contribution in [3.8, 4) is 0 Å². The van der Waals surface area contributed by atoms with Crippen LogP contribution in [0.1, 0.15) is 22.3 Å². The molecule has 0 saturated carbocycles. The van der Waals surface area contributed by atoms with Gasteiger partial charge >= 0.3 is 0 Å². The van der Waals surface area contributed by atoms with Gasteiger partial charge in [-0.05, 0) is 43.2 Å². The van der Waals surface area contributed by atoms with E-state index in [1.165, 1.54) is 0 Å². The van der Waals surface area contributed by atoms with Gasteiger partial charge in [-0.3, -0.25) is 9.78 Å². The Labute approximate surface area is 141 Å². The lowest BCUT2D eigenvalue weighted by atomic mass is 10.2. The van der Waals surface area contributed by atoms with Gasteiger partial charge in [0.25, 0.3) is 5.91 Å². The smallest absolute Gasteiger partial charge is 0.252 e. The summed E-state index contributed by atoms with van der Waals surface area (Å²) in [5.41, 5.74) is 3.21. The van der Waals surface area contributed by atoms with Gasteiger partial charge in [0.1, 0.15) is 0 Å². The van der Waals surface area contributed by atoms with Crippen LogP contribution in [0.25, 0.3) is 0 Å². The van der Waals surface area contributed by atoms with Crippen LogP contribution in [-0.4, -0.2) is 31.2 Å². The molecule has 0 aliphatic carbocycles. The van der Waals surface area contributed by atoms with Crippen LogP contribution in [-0.2, 0) is 4.74 Å². The molecule has 0 bridgehead atoms. The second kappa shape index (κ2) is 8.50. The first-order valence-electron chi connectivity index (χ1n) is 7.35. The summed E-state index contributed by atoms with van der Waals surface area (Å²) in [4.78, 5) is 16.2. The van der Waals surface area contributed by atoms with Crippen LogP contribution in [0.2, 0.25) is 5.02 Å². The van der Waals surface area contributed by atoms with Gasteiger partial charge in [0.2, 0.25) is 0 Å². The monoisotopic (exact) mass is 333 g/mol. The van der Waals surface area contributed by atoms with Crippen molar-refractivity contribution in [3.63, 3.8) is 0 Å². The summed E-state index contributed by atoms with van der Waals surface area (Å²) in [7, 11) is 1.64. The summed E-state index contributed by atoms with van der Waals surface area (Å²) in [6.07, 6.45) is 4.00. The van der Waals surface area contributed by atoms with Crippen LogP contribution in [0, 0.1) is 6.92 Å². The molecule has 2 aromatic rings. The van der Waals surface area contributed by atoms with E-state index in [4.69, 9.17) is 16.3 Å². The van der Waals surface area contributed by atoms with Gasteiger partial charge in [0.05, 0.1) is 17.4 Å². The van der Waals surface area contributed by atoms with E-state index in [9.17, 15) is 4.79 Å². The van der Waals surface area contributed by atoms with E-state index in [0.717, 1.165) is 23.4 Å². The van der Waals surface area contributed by atoms with Gasteiger partial charge in [0.15, 0.2) is 0 Å². The Morgan fingerprint density at radius 1 is 1.30 bits per heavy atom. The van der Waals surface area contributed by atoms with Crippen molar-refractivity contribution in [1.29, 1.82) is 0 Å². The van der Waals surface area contributed by atoms with Crippen molar-refractivity contribution in [2.45, 2.75) is 13.3 Å². The molecule has 0 spiro atoms. The number of anilines is 2. The Hall–Kier alpha value is -2.11. The molecule has 5 nitrogen and oxygen atoms in total. The molecule has 1 aromatic heterocycles. The number of hydrogen-bond acceptors (Lipinski definition) is 4. The highest BCUT2D eigenvalue weighted by Crippen LogP contribution is 2.23. The molecule has 0 radical (unpaired) electrons. The van der Waals surface area contributed by atoms with Crippen LogP contribution >= 0.6 is 11.6 Å². The number of nitrogens with zero attached hydrogens (tertiary/aromatic N) is 1. The molecule has 1 amide bonds. The summed E-state index contributed by atoms with van der Waals surface area (Å²) in [5, 5.41) is 6.78. The second-order valence-corrected chi connectivity index (χ2v) is 5.59. The molecule has 0 aliphatic heterocycles. The molecule has 6 heteroatoms. The zero-order valence-corrected chi connectivity index (χ0v) is 14.0. The number of hydrogen-bond donors (Lipinski definition) is 2. The Morgan fingerprint density at radius 2 is 2.13 bits per heavy atom. The van der Waals surface area contributed by atoms with Crippen molar-refractivity contribution in [1.82, 2.24) is 10.3 Å². The number of rotatable bonds is 7. The predicted octanol–water partition coefficient (Wildman–Crippen LogP) is 3.55. The molecule has 0 aliphatic rings. The highest BCUT2D eigenvalue weighted by molar-refractivity contribution is 6.30. The Morgan fingerprint density at radius 3 is 2.87 bits per heavy atom. The third-order valence-electron chi connectivity index (χ3n) is 3.28. The number of aromatic nitrogens is 1. The molecular weight excluding hydrogens is 314 g/mol. The maximum absolute atomic E-state index is 12.1. The fraction of sp³-hybridized carbons (Fsp3) is 0.294. The van der Waals surface area contributed by atoms with Crippen LogP contribution in [0.5, 0.6) is 0 Å². The maximum atomic E-state index is 12.1. The van der Waals surface area contributed by atoms with Crippen molar-refractivity contribution in [3.05, 3.63) is 52.8 Å². The van der Waals surface area contributed by atoms with Crippen molar-refractivity contribution in [2.75, 3.05) is 25.6 Å². The third-order valence-corrected chi connectivity index (χ3v) is 3.51. The average Bonchev–Trinajstić information content (AvgIpc) is 2.54. The summed E-state index contributed by atoms with van der Waals surface area (Å²) in [5.74, 6) is -0.148. The molecule has 0 unspecified atom stereocenters. The van der Waals surface area contributed by atoms with Gasteiger partial charge in [0, 0.05) is 37.2 Å². The number of benzene rings is 1. The summed E-state index contributed by atoms with van der Waals surface area (Å²) < 4.78 is 4.95. The summed E-state index contributed by atoms with van der Waals surface area (Å²) in [6, 6.07) is 7.36. The Bertz CT molecular complexity index is 677. The van der Waals surface area contributed by atoms with Crippen molar-refractivity contribution >= 4 is 28.9 Å². The normalized spacial score (nSPS) is 10.4. The molecule has 2 rings (SSSR count). The van der Waals surface area contributed by atoms with Crippen molar-refractivity contribution in [2.24, 2.45) is 0 Å². The fourth-order valence-corrected chi connectivity index (χ4v) is 2.30. The first kappa shape index (κ1) is 17.2. The molecule has 1 heterocycles. The van der Waals surface area contributed by atoms with E-state index in [2.05, 4.69) is 15.6 Å². The number of carbonyl (C=O) groups excluding carboxylic acids is 1. The van der Waals surface area contributed by atoms with E-state index in [-0.39, 0.29) is 5.91 Å². The number of aryl methyl sites for hydroxylation is 1. The lowest BCUT2D eigenvalue weighted by molar-refractivity contribution is 0.0948. The lowest BCUT2D eigenvalue weighted by Crippen LogP contribution is -2.25. The van der Waals surface area contributed by atoms with E-state index in [1.807, 2.05) is 25.1 Å². The third kappa shape index (κ3) is 5.23. The molecule has 0 fully saturated rings. The minimum Gasteiger partial charge on any atom is -0.385 e. The van der Waals surface area contributed by atoms with Gasteiger partial charge in [-0.15, -0.1) is 0 Å². The zero-order chi connectivity index (χ0) is 16.7. The molecule has 122 valence electrons. The SMILES string of the molecule is COCCCNC(=O)c1cncc(Nc2ccc(Cl)cc2C)c1. The minimum absolute atomic E-state index is 0.148. The summed E-state index contributed by atoms with van der Waals surface area (Å²) in [6.45, 7) is 3.16. The largest absolute Gasteiger partial charge is 0.385 e. The van der Waals surface area contributed by atoms with Gasteiger partial charge < -0.3 is 15.4 Å². The summed E-state index contributed by atoms with van der Waals surface area (Å²) >= 11 is 5.96. The fourth-order valence-electron chi connectivity index (χ4n) is 2.08. The Balaban J connectivity index is 2.03. The number of amides is 1. The first-order valence-corrected chi connectivity index (χ1v) is 7.73. The van der Waals surface area contributed by atoms with Crippen LogP contribution < -0.4 is 10.6 Å². The van der Waals surface area contributed by atoms with Crippen LogP contribution in [0.4, 0.5) is 11.4 Å². The average molecular weight is 334 g/mol. The number of pyridine rings is 1. The molecule has 0 saturated heterocycles. The number of halogens is 1. The van der Waals surface area contributed by atoms with E-state index < -0.39 is 0 Å². The van der Waals surface area contributed by atoms with Gasteiger partial charge in [-0.2, -0.15) is 0 Å². The van der Waals surface area contributed by atoms with Crippen LogP contribution in [0.15, 0.2) is 36.7 Å². The van der Waals surface area contributed by atoms with E-state index in [0.29, 0.717) is 23.7 Å². The molecule has 0 atom stereocenters. The van der Waals surface area contributed by atoms with Gasteiger partial charge in [-0.1, -0.05) is 11.6 Å². The van der Waals surface area contributed by atoms with E-state index in [1.54, 1.807) is 25.6 Å². The van der Waals surface area contributed by atoms with Gasteiger partial charge in [-0.25, -0.2) is 0 Å². The van der Waals surface area contributed by atoms with E-state index >= 15 is 0 Å². The Kier molecular flexibility index (Phi) is 6.38. The standard InChI is InChI=1S/C17H20ClN3O2/c1-12-8-14(18)4-5-16(12)21-15-9-13(10-19-11-15)17(22)20-6-3-7-23-2/h4-5,8-11,21H,3,6-7H2,1-2H3,(H,20,22). The highest BCUT2D eigenvalue weighted by atomic mass is 35.5. The topological polar surface area (TPSA) is 63.2 Å². The minimum atomic E-state index is -0.148. The van der Waals surface area contributed by atoms with Crippen LogP contribution in [0.3, 0.4) is 0 Å². The second-order valence-electron chi connectivity index (χ2n) is 5.15. The quantitative estimate of drug-likeness (QED) is 0.760. The molecular formula is C17H20ClN3O2. The molecule has 23 heavy (non-hydrogen) atoms. The maximum Gasteiger partial charge on any atom is 0.252 e. The predicted molar refractivity (Wildman–Crippen MR) is 92.5 cm³/mol. The first-order chi connectivity index (χ1) is 11.1. The lowest BCUT2D eigenvalue weighted by Gasteiger charge is -2.11. The van der Waals surface area contributed by atoms with Crippen molar-refractivity contribution < 1.29 is 9.53 Å². The zero-order valence-electron chi connectivity index (χ0n) is 13.2.